The predicted octanol–water partition coefficient (Wildman–Crippen LogP) is 3.20. The van der Waals surface area contributed by atoms with Crippen molar-refractivity contribution in [1.82, 2.24) is 39.6 Å². The fraction of sp³-hybridized carbons (Fsp3) is 0.375. The molecule has 1 saturated carbocycles. The summed E-state index contributed by atoms with van der Waals surface area (Å²) in [7, 11) is 0. The molecule has 1 aliphatic heterocycles. The summed E-state index contributed by atoms with van der Waals surface area (Å²) in [6.45, 7) is 5.79. The maximum absolute atomic E-state index is 5.22. The Bertz CT molecular complexity index is 1510. The zero-order valence-electron chi connectivity index (χ0n) is 18.5. The molecule has 0 spiro atoms. The van der Waals surface area contributed by atoms with E-state index in [1.54, 1.807) is 6.20 Å². The van der Waals surface area contributed by atoms with Crippen LogP contribution in [0.5, 0.6) is 0 Å². The van der Waals surface area contributed by atoms with Crippen molar-refractivity contribution in [2.75, 3.05) is 31.1 Å². The number of anilines is 1. The van der Waals surface area contributed by atoms with E-state index < -0.39 is 0 Å². The molecular weight excluding hydrogens is 414 g/mol. The van der Waals surface area contributed by atoms with Gasteiger partial charge in [0, 0.05) is 61.4 Å². The van der Waals surface area contributed by atoms with E-state index in [-0.39, 0.29) is 0 Å². The van der Waals surface area contributed by atoms with Gasteiger partial charge in [0.2, 0.25) is 5.78 Å². The third-order valence-electron chi connectivity index (χ3n) is 7.04. The second-order valence-electron chi connectivity index (χ2n) is 9.13. The maximum atomic E-state index is 5.22. The lowest BCUT2D eigenvalue weighted by Gasteiger charge is -2.32. The lowest BCUT2D eigenvalue weighted by molar-refractivity contribution is 0.421. The number of nitrogens with one attached hydrogen (secondary N) is 2. The fourth-order valence-corrected chi connectivity index (χ4v) is 5.16. The van der Waals surface area contributed by atoms with E-state index in [1.807, 2.05) is 36.0 Å². The number of imidazole rings is 2. The van der Waals surface area contributed by atoms with Crippen molar-refractivity contribution in [3.63, 3.8) is 0 Å². The van der Waals surface area contributed by atoms with E-state index in [4.69, 9.17) is 9.97 Å². The van der Waals surface area contributed by atoms with Gasteiger partial charge in [0.1, 0.15) is 11.3 Å². The molecule has 0 aromatic carbocycles. The quantitative estimate of drug-likeness (QED) is 0.445. The average Bonchev–Trinajstić information content (AvgIpc) is 3.33. The van der Waals surface area contributed by atoms with Crippen LogP contribution in [0.2, 0.25) is 0 Å². The van der Waals surface area contributed by atoms with Gasteiger partial charge < -0.3 is 15.2 Å². The minimum Gasteiger partial charge on any atom is -0.353 e. The summed E-state index contributed by atoms with van der Waals surface area (Å²) in [5.41, 5.74) is 5.79. The van der Waals surface area contributed by atoms with Crippen LogP contribution >= 0.6 is 0 Å². The molecule has 2 fully saturated rings. The number of hydrogen-bond donors (Lipinski definition) is 2. The van der Waals surface area contributed by atoms with Crippen LogP contribution in [0.3, 0.4) is 0 Å². The van der Waals surface area contributed by atoms with Crippen molar-refractivity contribution < 1.29 is 0 Å². The lowest BCUT2D eigenvalue weighted by atomic mass is 9.79. The molecular formula is C24H25N9. The first kappa shape index (κ1) is 18.9. The van der Waals surface area contributed by atoms with Gasteiger partial charge in [-0.1, -0.05) is 6.42 Å². The first-order chi connectivity index (χ1) is 16.3. The Morgan fingerprint density at radius 2 is 1.94 bits per heavy atom. The number of rotatable bonds is 3. The van der Waals surface area contributed by atoms with Crippen LogP contribution in [0.25, 0.3) is 39.2 Å². The second kappa shape index (κ2) is 7.21. The molecule has 6 heterocycles. The number of piperazine rings is 1. The van der Waals surface area contributed by atoms with Crippen LogP contribution < -0.4 is 10.2 Å². The third kappa shape index (κ3) is 2.92. The molecule has 0 amide bonds. The molecule has 0 radical (unpaired) electrons. The van der Waals surface area contributed by atoms with Gasteiger partial charge in [-0.2, -0.15) is 4.98 Å². The first-order valence-electron chi connectivity index (χ1n) is 11.7. The number of H-pyrrole nitrogens is 1. The lowest BCUT2D eigenvalue weighted by Crippen LogP contribution is -2.44. The van der Waals surface area contributed by atoms with Gasteiger partial charge in [0.25, 0.3) is 0 Å². The van der Waals surface area contributed by atoms with E-state index >= 15 is 0 Å². The van der Waals surface area contributed by atoms with Crippen LogP contribution in [0, 0.1) is 6.92 Å². The summed E-state index contributed by atoms with van der Waals surface area (Å²) < 4.78 is 2.05. The topological polar surface area (TPSA) is 99.9 Å². The largest absolute Gasteiger partial charge is 0.353 e. The predicted molar refractivity (Wildman–Crippen MR) is 128 cm³/mol. The number of aromatic amines is 1. The van der Waals surface area contributed by atoms with E-state index in [0.29, 0.717) is 17.4 Å². The molecule has 5 aromatic rings. The SMILES string of the molecule is Cc1cn2c(nc3nccc(-c4nc(N5CCNCC5)c5c(C6CCC6)cncc5n4)c32)[nH]1. The Balaban J connectivity index is 1.51. The summed E-state index contributed by atoms with van der Waals surface area (Å²) in [6, 6.07) is 1.99. The van der Waals surface area contributed by atoms with Crippen LogP contribution in [-0.2, 0) is 0 Å². The number of pyridine rings is 2. The van der Waals surface area contributed by atoms with Gasteiger partial charge in [0.05, 0.1) is 11.7 Å². The molecule has 1 saturated heterocycles. The number of aromatic nitrogens is 7. The molecule has 33 heavy (non-hydrogen) atoms. The van der Waals surface area contributed by atoms with Gasteiger partial charge >= 0.3 is 0 Å². The van der Waals surface area contributed by atoms with E-state index in [9.17, 15) is 0 Å². The van der Waals surface area contributed by atoms with Crippen LogP contribution in [0.4, 0.5) is 5.82 Å². The summed E-state index contributed by atoms with van der Waals surface area (Å²) in [5.74, 6) is 3.05. The summed E-state index contributed by atoms with van der Waals surface area (Å²) in [6.07, 6.45) is 11.5. The molecule has 7 rings (SSSR count). The van der Waals surface area contributed by atoms with E-state index in [2.05, 4.69) is 30.2 Å². The average molecular weight is 440 g/mol. The Kier molecular flexibility index (Phi) is 4.14. The van der Waals surface area contributed by atoms with Crippen molar-refractivity contribution in [2.24, 2.45) is 0 Å². The number of hydrogen-bond acceptors (Lipinski definition) is 7. The smallest absolute Gasteiger partial charge is 0.214 e. The van der Waals surface area contributed by atoms with Gasteiger partial charge in [-0.25, -0.2) is 15.0 Å². The highest BCUT2D eigenvalue weighted by Crippen LogP contribution is 2.42. The fourth-order valence-electron chi connectivity index (χ4n) is 5.16. The molecule has 2 N–H and O–H groups in total. The molecule has 1 aliphatic carbocycles. The van der Waals surface area contributed by atoms with Gasteiger partial charge in [0.15, 0.2) is 11.5 Å². The van der Waals surface area contributed by atoms with Crippen LogP contribution in [0.15, 0.2) is 30.9 Å². The molecule has 0 bridgehead atoms. The minimum atomic E-state index is 0.558. The molecule has 166 valence electrons. The second-order valence-corrected chi connectivity index (χ2v) is 9.13. The van der Waals surface area contributed by atoms with Crippen molar-refractivity contribution >= 4 is 33.7 Å². The standard InChI is InChI=1S/C24H25N9/c1-14-13-33-20-16(5-6-27-22(20)31-24(33)28-14)21-29-18-12-26-11-17(15-3-2-4-15)19(18)23(30-21)32-9-7-25-8-10-32/h5-6,11-13,15,25H,2-4,7-10H2,1H3,(H,27,28,31). The zero-order valence-corrected chi connectivity index (χ0v) is 18.5. The van der Waals surface area contributed by atoms with Crippen molar-refractivity contribution in [2.45, 2.75) is 32.1 Å². The highest BCUT2D eigenvalue weighted by Gasteiger charge is 2.27. The Hall–Kier alpha value is -3.59. The van der Waals surface area contributed by atoms with Crippen LogP contribution in [-0.4, -0.2) is 60.5 Å². The van der Waals surface area contributed by atoms with Crippen molar-refractivity contribution in [1.29, 1.82) is 0 Å². The minimum absolute atomic E-state index is 0.558. The number of nitrogens with zero attached hydrogens (tertiary/aromatic N) is 7. The van der Waals surface area contributed by atoms with Gasteiger partial charge in [-0.3, -0.25) is 9.38 Å². The molecule has 2 aliphatic rings. The zero-order chi connectivity index (χ0) is 21.9. The Labute approximate surface area is 190 Å². The summed E-state index contributed by atoms with van der Waals surface area (Å²) in [5, 5.41) is 4.63. The Morgan fingerprint density at radius 3 is 2.76 bits per heavy atom. The molecule has 0 unspecified atom stereocenters. The monoisotopic (exact) mass is 439 g/mol. The third-order valence-corrected chi connectivity index (χ3v) is 7.04. The van der Waals surface area contributed by atoms with Crippen molar-refractivity contribution in [3.05, 3.63) is 42.1 Å². The van der Waals surface area contributed by atoms with Gasteiger partial charge in [-0.05, 0) is 37.3 Å². The molecule has 5 aromatic heterocycles. The molecule has 0 atom stereocenters. The van der Waals surface area contributed by atoms with Gasteiger partial charge in [-0.15, -0.1) is 0 Å². The first-order valence-corrected chi connectivity index (χ1v) is 11.7. The van der Waals surface area contributed by atoms with Crippen molar-refractivity contribution in [3.8, 4) is 11.4 Å². The Morgan fingerprint density at radius 1 is 1.06 bits per heavy atom. The van der Waals surface area contributed by atoms with E-state index in [0.717, 1.165) is 60.1 Å². The summed E-state index contributed by atoms with van der Waals surface area (Å²) in [4.78, 5) is 29.7. The highest BCUT2D eigenvalue weighted by molar-refractivity contribution is 5.96. The number of aryl methyl sites for hydroxylation is 1. The highest BCUT2D eigenvalue weighted by atomic mass is 15.2. The van der Waals surface area contributed by atoms with Crippen LogP contribution in [0.1, 0.15) is 36.4 Å². The molecule has 9 heteroatoms. The maximum Gasteiger partial charge on any atom is 0.214 e. The normalized spacial score (nSPS) is 17.3. The number of fused-ring (bicyclic) bond motifs is 4. The van der Waals surface area contributed by atoms with E-state index in [1.165, 1.54) is 30.2 Å². The molecule has 9 nitrogen and oxygen atoms in total. The summed E-state index contributed by atoms with van der Waals surface area (Å²) >= 11 is 0.